The summed E-state index contributed by atoms with van der Waals surface area (Å²) in [5.74, 6) is 0. The molecule has 0 aliphatic heterocycles. The maximum atomic E-state index is 8.81. The van der Waals surface area contributed by atoms with Gasteiger partial charge < -0.3 is 5.11 Å². The summed E-state index contributed by atoms with van der Waals surface area (Å²) in [6.45, 7) is 2.26. The molecule has 0 amide bonds. The van der Waals surface area contributed by atoms with Crippen LogP contribution in [0.15, 0.2) is 6.07 Å². The second-order valence-electron chi connectivity index (χ2n) is 3.71. The van der Waals surface area contributed by atoms with Crippen molar-refractivity contribution in [3.63, 3.8) is 0 Å². The monoisotopic (exact) mass is 196 g/mol. The van der Waals surface area contributed by atoms with Crippen LogP contribution < -0.4 is 0 Å². The number of rotatable bonds is 7. The zero-order valence-electron chi connectivity index (χ0n) is 8.92. The first-order valence-corrected chi connectivity index (χ1v) is 5.51. The number of aliphatic hydroxyl groups excluding tert-OH is 1. The summed E-state index contributed by atoms with van der Waals surface area (Å²) in [4.78, 5) is 0. The third-order valence-electron chi connectivity index (χ3n) is 2.40. The predicted molar refractivity (Wildman–Crippen MR) is 57.0 cm³/mol. The Labute approximate surface area is 85.5 Å². The fourth-order valence-corrected chi connectivity index (χ4v) is 1.54. The second kappa shape index (κ2) is 6.60. The summed E-state index contributed by atoms with van der Waals surface area (Å²) in [5, 5.41) is 15.7. The number of nitrogens with one attached hydrogen (secondary N) is 1. The molecule has 0 unspecified atom stereocenters. The Morgan fingerprint density at radius 2 is 2.07 bits per heavy atom. The average molecular weight is 196 g/mol. The van der Waals surface area contributed by atoms with Crippen molar-refractivity contribution in [1.82, 2.24) is 10.2 Å². The van der Waals surface area contributed by atoms with E-state index in [1.807, 2.05) is 6.07 Å². The zero-order chi connectivity index (χ0) is 10.2. The fourth-order valence-electron chi connectivity index (χ4n) is 1.54. The molecule has 0 aliphatic rings. The standard InChI is InChI=1S/C11H20N2O/c1-2-3-4-5-6-7-10-8-11(9-14)13-12-10/h8,14H,2-7,9H2,1H3,(H,12,13). The van der Waals surface area contributed by atoms with Crippen molar-refractivity contribution in [2.24, 2.45) is 0 Å². The van der Waals surface area contributed by atoms with Crippen molar-refractivity contribution in [3.8, 4) is 0 Å². The van der Waals surface area contributed by atoms with Crippen LogP contribution in [0.5, 0.6) is 0 Å². The molecule has 1 heterocycles. The summed E-state index contributed by atoms with van der Waals surface area (Å²) in [6.07, 6.45) is 7.52. The van der Waals surface area contributed by atoms with Gasteiger partial charge in [0.2, 0.25) is 0 Å². The molecule has 3 heteroatoms. The van der Waals surface area contributed by atoms with E-state index in [2.05, 4.69) is 17.1 Å². The summed E-state index contributed by atoms with van der Waals surface area (Å²) in [6, 6.07) is 1.94. The van der Waals surface area contributed by atoms with E-state index in [0.717, 1.165) is 17.8 Å². The van der Waals surface area contributed by atoms with Gasteiger partial charge in [-0.15, -0.1) is 0 Å². The van der Waals surface area contributed by atoms with E-state index in [1.165, 1.54) is 32.1 Å². The Morgan fingerprint density at radius 3 is 2.71 bits per heavy atom. The highest BCUT2D eigenvalue weighted by atomic mass is 16.3. The van der Waals surface area contributed by atoms with Crippen LogP contribution in [0.4, 0.5) is 0 Å². The minimum Gasteiger partial charge on any atom is -0.390 e. The number of unbranched alkanes of at least 4 members (excludes halogenated alkanes) is 4. The number of aryl methyl sites for hydroxylation is 1. The Hall–Kier alpha value is -0.830. The molecular weight excluding hydrogens is 176 g/mol. The molecule has 80 valence electrons. The summed E-state index contributed by atoms with van der Waals surface area (Å²) in [7, 11) is 0. The molecule has 14 heavy (non-hydrogen) atoms. The molecule has 0 aliphatic carbocycles. The van der Waals surface area contributed by atoms with Gasteiger partial charge in [-0.25, -0.2) is 0 Å². The van der Waals surface area contributed by atoms with Crippen molar-refractivity contribution in [2.45, 2.75) is 52.1 Å². The number of aliphatic hydroxyl groups is 1. The van der Waals surface area contributed by atoms with Gasteiger partial charge in [-0.05, 0) is 18.9 Å². The highest BCUT2D eigenvalue weighted by Crippen LogP contribution is 2.08. The van der Waals surface area contributed by atoms with Gasteiger partial charge in [-0.2, -0.15) is 5.10 Å². The molecule has 0 atom stereocenters. The Bertz CT molecular complexity index is 245. The number of H-pyrrole nitrogens is 1. The predicted octanol–water partition coefficient (Wildman–Crippen LogP) is 2.41. The van der Waals surface area contributed by atoms with Crippen molar-refractivity contribution >= 4 is 0 Å². The highest BCUT2D eigenvalue weighted by Gasteiger charge is 1.99. The lowest BCUT2D eigenvalue weighted by atomic mass is 10.1. The normalized spacial score (nSPS) is 10.7. The highest BCUT2D eigenvalue weighted by molar-refractivity contribution is 5.07. The molecular formula is C11H20N2O. The lowest BCUT2D eigenvalue weighted by molar-refractivity contribution is 0.276. The van der Waals surface area contributed by atoms with Crippen LogP contribution in [0.25, 0.3) is 0 Å². The Balaban J connectivity index is 2.12. The van der Waals surface area contributed by atoms with Gasteiger partial charge >= 0.3 is 0 Å². The van der Waals surface area contributed by atoms with Gasteiger partial charge in [0.15, 0.2) is 0 Å². The van der Waals surface area contributed by atoms with Crippen molar-refractivity contribution in [3.05, 3.63) is 17.5 Å². The molecule has 0 spiro atoms. The van der Waals surface area contributed by atoms with Crippen molar-refractivity contribution in [2.75, 3.05) is 0 Å². The Kier molecular flexibility index (Phi) is 5.30. The van der Waals surface area contributed by atoms with E-state index in [9.17, 15) is 0 Å². The van der Waals surface area contributed by atoms with E-state index in [1.54, 1.807) is 0 Å². The van der Waals surface area contributed by atoms with Crippen molar-refractivity contribution in [1.29, 1.82) is 0 Å². The third kappa shape index (κ3) is 3.92. The number of nitrogens with zero attached hydrogens (tertiary/aromatic N) is 1. The quantitative estimate of drug-likeness (QED) is 0.658. The molecule has 1 aromatic rings. The van der Waals surface area contributed by atoms with Crippen LogP contribution >= 0.6 is 0 Å². The van der Waals surface area contributed by atoms with Gasteiger partial charge in [0.1, 0.15) is 0 Å². The molecule has 0 saturated heterocycles. The molecule has 1 rings (SSSR count). The van der Waals surface area contributed by atoms with Crippen LogP contribution in [0.2, 0.25) is 0 Å². The topological polar surface area (TPSA) is 48.9 Å². The molecule has 2 N–H and O–H groups in total. The lowest BCUT2D eigenvalue weighted by Crippen LogP contribution is -1.86. The summed E-state index contributed by atoms with van der Waals surface area (Å²) in [5.41, 5.74) is 1.89. The van der Waals surface area contributed by atoms with Gasteiger partial charge in [-0.3, -0.25) is 5.10 Å². The molecule has 0 saturated carbocycles. The summed E-state index contributed by atoms with van der Waals surface area (Å²) < 4.78 is 0. The molecule has 0 fully saturated rings. The van der Waals surface area contributed by atoms with E-state index in [-0.39, 0.29) is 6.61 Å². The van der Waals surface area contributed by atoms with Crippen molar-refractivity contribution < 1.29 is 5.11 Å². The number of hydrogen-bond donors (Lipinski definition) is 2. The molecule has 1 aromatic heterocycles. The zero-order valence-corrected chi connectivity index (χ0v) is 8.92. The van der Waals surface area contributed by atoms with E-state index >= 15 is 0 Å². The molecule has 0 bridgehead atoms. The Morgan fingerprint density at radius 1 is 1.29 bits per heavy atom. The van der Waals surface area contributed by atoms with Crippen LogP contribution in [-0.4, -0.2) is 15.3 Å². The van der Waals surface area contributed by atoms with Crippen LogP contribution in [0.1, 0.15) is 50.4 Å². The van der Waals surface area contributed by atoms with Crippen LogP contribution in [0, 0.1) is 0 Å². The fraction of sp³-hybridized carbons (Fsp3) is 0.727. The average Bonchev–Trinajstić information content (AvgIpc) is 2.65. The van der Waals surface area contributed by atoms with E-state index in [4.69, 9.17) is 5.11 Å². The minimum atomic E-state index is 0.0341. The largest absolute Gasteiger partial charge is 0.390 e. The van der Waals surface area contributed by atoms with Gasteiger partial charge in [0, 0.05) is 5.69 Å². The smallest absolute Gasteiger partial charge is 0.0879 e. The van der Waals surface area contributed by atoms with E-state index < -0.39 is 0 Å². The maximum Gasteiger partial charge on any atom is 0.0879 e. The first kappa shape index (κ1) is 11.2. The van der Waals surface area contributed by atoms with Gasteiger partial charge in [-0.1, -0.05) is 32.6 Å². The van der Waals surface area contributed by atoms with Crippen LogP contribution in [-0.2, 0) is 13.0 Å². The van der Waals surface area contributed by atoms with E-state index in [0.29, 0.717) is 0 Å². The first-order chi connectivity index (χ1) is 6.86. The second-order valence-corrected chi connectivity index (χ2v) is 3.71. The molecule has 3 nitrogen and oxygen atoms in total. The number of hydrogen-bond acceptors (Lipinski definition) is 2. The summed E-state index contributed by atoms with van der Waals surface area (Å²) >= 11 is 0. The first-order valence-electron chi connectivity index (χ1n) is 5.51. The lowest BCUT2D eigenvalue weighted by Gasteiger charge is -1.97. The van der Waals surface area contributed by atoms with Gasteiger partial charge in [0.25, 0.3) is 0 Å². The minimum absolute atomic E-state index is 0.0341. The van der Waals surface area contributed by atoms with Crippen LogP contribution in [0.3, 0.4) is 0 Å². The molecule has 0 radical (unpaired) electrons. The SMILES string of the molecule is CCCCCCCc1cc(CO)n[nH]1. The maximum absolute atomic E-state index is 8.81. The molecule has 0 aromatic carbocycles. The number of aromatic nitrogens is 2. The third-order valence-corrected chi connectivity index (χ3v) is 2.40. The van der Waals surface area contributed by atoms with Gasteiger partial charge in [0.05, 0.1) is 12.3 Å². The number of aromatic amines is 1.